The van der Waals surface area contributed by atoms with E-state index in [2.05, 4.69) is 15.7 Å². The van der Waals surface area contributed by atoms with Crippen molar-refractivity contribution >= 4 is 11.8 Å². The maximum absolute atomic E-state index is 12.9. The van der Waals surface area contributed by atoms with Crippen molar-refractivity contribution in [1.82, 2.24) is 20.4 Å². The van der Waals surface area contributed by atoms with Crippen LogP contribution >= 0.6 is 0 Å². The number of aromatic nitrogens is 2. The lowest BCUT2D eigenvalue weighted by Gasteiger charge is -2.38. The van der Waals surface area contributed by atoms with E-state index in [1.807, 2.05) is 17.8 Å². The number of hydrogen-bond donors (Lipinski definition) is 2. The molecule has 2 aliphatic carbocycles. The minimum absolute atomic E-state index is 0.0591. The Balaban J connectivity index is 1.60. The van der Waals surface area contributed by atoms with E-state index in [9.17, 15) is 9.59 Å². The highest BCUT2D eigenvalue weighted by atomic mass is 16.2. The zero-order valence-electron chi connectivity index (χ0n) is 13.6. The molecule has 1 saturated heterocycles. The molecule has 0 aromatic carbocycles. The first-order valence-corrected chi connectivity index (χ1v) is 8.80. The van der Waals surface area contributed by atoms with Crippen molar-refractivity contribution in [3.8, 4) is 0 Å². The number of amides is 2. The Hall–Kier alpha value is -1.85. The molecule has 2 atom stereocenters. The van der Waals surface area contributed by atoms with E-state index in [0.717, 1.165) is 50.8 Å². The molecule has 3 fully saturated rings. The molecule has 0 spiro atoms. The first-order valence-electron chi connectivity index (χ1n) is 8.80. The van der Waals surface area contributed by atoms with Crippen molar-refractivity contribution in [2.24, 2.45) is 0 Å². The quantitative estimate of drug-likeness (QED) is 0.888. The minimum Gasteiger partial charge on any atom is -0.351 e. The Bertz CT molecular complexity index is 649. The third-order valence-corrected chi connectivity index (χ3v) is 5.53. The van der Waals surface area contributed by atoms with Gasteiger partial charge in [0.15, 0.2) is 0 Å². The Morgan fingerprint density at radius 3 is 3.00 bits per heavy atom. The summed E-state index contributed by atoms with van der Waals surface area (Å²) >= 11 is 0. The summed E-state index contributed by atoms with van der Waals surface area (Å²) in [6.45, 7) is 2.79. The lowest BCUT2D eigenvalue weighted by atomic mass is 9.77. The zero-order valence-corrected chi connectivity index (χ0v) is 13.6. The standard InChI is InChI=1S/C17H24N4O2/c1-2-21-10-12(15(20-21)11-6-7-11)16(23)19-17-8-4-3-5-13(17)18-14(22)9-17/h10-11,13H,2-9H2,1H3,(H,18,22)(H,19,23)/t13-,17+/m0/s1. The van der Waals surface area contributed by atoms with Gasteiger partial charge in [-0.3, -0.25) is 14.3 Å². The highest BCUT2D eigenvalue weighted by Crippen LogP contribution is 2.41. The first kappa shape index (κ1) is 14.7. The van der Waals surface area contributed by atoms with Gasteiger partial charge in [0.2, 0.25) is 5.91 Å². The average molecular weight is 316 g/mol. The van der Waals surface area contributed by atoms with Gasteiger partial charge in [-0.2, -0.15) is 5.10 Å². The number of aryl methyl sites for hydroxylation is 1. The maximum atomic E-state index is 12.9. The molecule has 1 aromatic heterocycles. The van der Waals surface area contributed by atoms with Gasteiger partial charge in [0.25, 0.3) is 5.91 Å². The molecule has 2 heterocycles. The van der Waals surface area contributed by atoms with Gasteiger partial charge in [-0.1, -0.05) is 12.8 Å². The van der Waals surface area contributed by atoms with Crippen LogP contribution in [0.3, 0.4) is 0 Å². The molecule has 6 heteroatoms. The number of carbonyl (C=O) groups excluding carboxylic acids is 2. The van der Waals surface area contributed by atoms with E-state index in [0.29, 0.717) is 17.9 Å². The SMILES string of the molecule is CCn1cc(C(=O)N[C@@]23CCCC[C@@H]2NC(=O)C3)c(C2CC2)n1. The van der Waals surface area contributed by atoms with Gasteiger partial charge in [0, 0.05) is 18.7 Å². The van der Waals surface area contributed by atoms with Gasteiger partial charge in [-0.25, -0.2) is 0 Å². The molecule has 23 heavy (non-hydrogen) atoms. The van der Waals surface area contributed by atoms with Gasteiger partial charge in [-0.15, -0.1) is 0 Å². The molecule has 2 saturated carbocycles. The summed E-state index contributed by atoms with van der Waals surface area (Å²) in [7, 11) is 0. The number of rotatable bonds is 4. The molecule has 0 radical (unpaired) electrons. The molecule has 6 nitrogen and oxygen atoms in total. The van der Waals surface area contributed by atoms with Crippen molar-refractivity contribution in [2.45, 2.75) is 75.9 Å². The number of fused-ring (bicyclic) bond motifs is 1. The van der Waals surface area contributed by atoms with Crippen LogP contribution in [0.5, 0.6) is 0 Å². The van der Waals surface area contributed by atoms with Crippen molar-refractivity contribution in [3.05, 3.63) is 17.5 Å². The van der Waals surface area contributed by atoms with E-state index >= 15 is 0 Å². The first-order chi connectivity index (χ1) is 11.1. The lowest BCUT2D eigenvalue weighted by molar-refractivity contribution is -0.119. The summed E-state index contributed by atoms with van der Waals surface area (Å²) in [5.41, 5.74) is 1.24. The van der Waals surface area contributed by atoms with Crippen LogP contribution in [-0.4, -0.2) is 33.2 Å². The maximum Gasteiger partial charge on any atom is 0.255 e. The number of nitrogens with one attached hydrogen (secondary N) is 2. The van der Waals surface area contributed by atoms with Gasteiger partial charge in [0.1, 0.15) is 0 Å². The second kappa shape index (κ2) is 5.35. The summed E-state index contributed by atoms with van der Waals surface area (Å²) in [5, 5.41) is 10.8. The molecular formula is C17H24N4O2. The van der Waals surface area contributed by atoms with E-state index in [1.165, 1.54) is 0 Å². The van der Waals surface area contributed by atoms with Gasteiger partial charge >= 0.3 is 0 Å². The highest BCUT2D eigenvalue weighted by Gasteiger charge is 2.49. The fourth-order valence-corrected chi connectivity index (χ4v) is 4.11. The largest absolute Gasteiger partial charge is 0.351 e. The van der Waals surface area contributed by atoms with Crippen molar-refractivity contribution in [1.29, 1.82) is 0 Å². The van der Waals surface area contributed by atoms with Crippen LogP contribution in [0.1, 0.15) is 73.8 Å². The van der Waals surface area contributed by atoms with Crippen LogP contribution < -0.4 is 10.6 Å². The minimum atomic E-state index is -0.401. The highest BCUT2D eigenvalue weighted by molar-refractivity contribution is 5.97. The van der Waals surface area contributed by atoms with Gasteiger partial charge in [0.05, 0.1) is 29.3 Å². The molecule has 0 bridgehead atoms. The summed E-state index contributed by atoms with van der Waals surface area (Å²) in [4.78, 5) is 24.8. The topological polar surface area (TPSA) is 76.0 Å². The third kappa shape index (κ3) is 2.54. The zero-order chi connectivity index (χ0) is 16.0. The van der Waals surface area contributed by atoms with E-state index in [4.69, 9.17) is 0 Å². The Morgan fingerprint density at radius 2 is 2.26 bits per heavy atom. The van der Waals surface area contributed by atoms with Crippen LogP contribution in [0.25, 0.3) is 0 Å². The summed E-state index contributed by atoms with van der Waals surface area (Å²) < 4.78 is 1.84. The monoisotopic (exact) mass is 316 g/mol. The third-order valence-electron chi connectivity index (χ3n) is 5.53. The normalized spacial score (nSPS) is 30.0. The van der Waals surface area contributed by atoms with E-state index in [1.54, 1.807) is 0 Å². The van der Waals surface area contributed by atoms with Crippen LogP contribution in [0, 0.1) is 0 Å². The number of nitrogens with zero attached hydrogens (tertiary/aromatic N) is 2. The molecule has 2 N–H and O–H groups in total. The lowest BCUT2D eigenvalue weighted by Crippen LogP contribution is -2.57. The second-order valence-electron chi connectivity index (χ2n) is 7.21. The predicted molar refractivity (Wildman–Crippen MR) is 85.1 cm³/mol. The fraction of sp³-hybridized carbons (Fsp3) is 0.706. The predicted octanol–water partition coefficient (Wildman–Crippen LogP) is 1.71. The van der Waals surface area contributed by atoms with E-state index < -0.39 is 5.54 Å². The van der Waals surface area contributed by atoms with Gasteiger partial charge in [-0.05, 0) is 32.6 Å². The van der Waals surface area contributed by atoms with Gasteiger partial charge < -0.3 is 10.6 Å². The average Bonchev–Trinajstić information content (AvgIpc) is 3.18. The molecule has 4 rings (SSSR count). The van der Waals surface area contributed by atoms with Crippen molar-refractivity contribution in [3.63, 3.8) is 0 Å². The van der Waals surface area contributed by atoms with Crippen molar-refractivity contribution in [2.75, 3.05) is 0 Å². The molecule has 0 unspecified atom stereocenters. The second-order valence-corrected chi connectivity index (χ2v) is 7.21. The number of carbonyl (C=O) groups is 2. The molecule has 2 amide bonds. The summed E-state index contributed by atoms with van der Waals surface area (Å²) in [6, 6.07) is 0.0818. The van der Waals surface area contributed by atoms with E-state index in [-0.39, 0.29) is 17.9 Å². The molecule has 3 aliphatic rings. The molecular weight excluding hydrogens is 292 g/mol. The summed E-state index contributed by atoms with van der Waals surface area (Å²) in [5.74, 6) is 0.436. The molecule has 1 aromatic rings. The smallest absolute Gasteiger partial charge is 0.255 e. The Labute approximate surface area is 136 Å². The van der Waals surface area contributed by atoms with Crippen LogP contribution in [0.15, 0.2) is 6.20 Å². The van der Waals surface area contributed by atoms with Crippen molar-refractivity contribution < 1.29 is 9.59 Å². The molecule has 124 valence electrons. The van der Waals surface area contributed by atoms with Crippen LogP contribution in [-0.2, 0) is 11.3 Å². The fourth-order valence-electron chi connectivity index (χ4n) is 4.11. The van der Waals surface area contributed by atoms with Crippen LogP contribution in [0.2, 0.25) is 0 Å². The summed E-state index contributed by atoms with van der Waals surface area (Å²) in [6.07, 6.45) is 8.52. The Kier molecular flexibility index (Phi) is 3.43. The molecule has 1 aliphatic heterocycles. The van der Waals surface area contributed by atoms with Crippen LogP contribution in [0.4, 0.5) is 0 Å². The number of hydrogen-bond acceptors (Lipinski definition) is 3. The Morgan fingerprint density at radius 1 is 1.43 bits per heavy atom.